The third-order valence-corrected chi connectivity index (χ3v) is 3.74. The highest BCUT2D eigenvalue weighted by molar-refractivity contribution is 5.62. The molecule has 0 aromatic carbocycles. The van der Waals surface area contributed by atoms with Crippen molar-refractivity contribution < 1.29 is 5.11 Å². The first-order chi connectivity index (χ1) is 8.09. The van der Waals surface area contributed by atoms with Crippen molar-refractivity contribution in [1.29, 1.82) is 0 Å². The number of anilines is 1. The third-order valence-electron chi connectivity index (χ3n) is 3.74. The van der Waals surface area contributed by atoms with Crippen LogP contribution in [0.5, 0.6) is 0 Å². The van der Waals surface area contributed by atoms with Gasteiger partial charge in [-0.3, -0.25) is 4.40 Å². The van der Waals surface area contributed by atoms with Gasteiger partial charge in [-0.25, -0.2) is 4.98 Å². The standard InChI is InChI=1S/C11H15N5O/c1-11(2)7(5-8(11)17)14-9-10-15-13-6-16(10)4-3-12-9/h3-4,6-8,17H,5H2,1-2H3,(H,12,14). The third kappa shape index (κ3) is 1.48. The molecule has 0 bridgehead atoms. The lowest BCUT2D eigenvalue weighted by atomic mass is 9.64. The molecular weight excluding hydrogens is 218 g/mol. The Bertz CT molecular complexity index is 550. The molecule has 2 aromatic heterocycles. The van der Waals surface area contributed by atoms with E-state index in [0.717, 1.165) is 12.2 Å². The number of hydrogen-bond acceptors (Lipinski definition) is 5. The van der Waals surface area contributed by atoms with Crippen molar-refractivity contribution in [3.63, 3.8) is 0 Å². The molecule has 6 nitrogen and oxygen atoms in total. The zero-order valence-electron chi connectivity index (χ0n) is 9.83. The van der Waals surface area contributed by atoms with Crippen LogP contribution in [0.4, 0.5) is 5.82 Å². The Morgan fingerprint density at radius 2 is 2.35 bits per heavy atom. The molecule has 2 N–H and O–H groups in total. The summed E-state index contributed by atoms with van der Waals surface area (Å²) in [6.45, 7) is 4.09. The van der Waals surface area contributed by atoms with Gasteiger partial charge in [0, 0.05) is 23.9 Å². The Balaban J connectivity index is 1.89. The molecule has 2 aromatic rings. The van der Waals surface area contributed by atoms with E-state index in [1.54, 1.807) is 18.7 Å². The lowest BCUT2D eigenvalue weighted by Gasteiger charge is -2.49. The summed E-state index contributed by atoms with van der Waals surface area (Å²) in [5, 5.41) is 20.9. The molecule has 90 valence electrons. The summed E-state index contributed by atoms with van der Waals surface area (Å²) in [6.07, 6.45) is 5.65. The van der Waals surface area contributed by atoms with Crippen LogP contribution in [0.3, 0.4) is 0 Å². The van der Waals surface area contributed by atoms with Crippen LogP contribution in [-0.4, -0.2) is 36.8 Å². The molecule has 0 radical (unpaired) electrons. The molecule has 2 heterocycles. The smallest absolute Gasteiger partial charge is 0.203 e. The van der Waals surface area contributed by atoms with Gasteiger partial charge in [-0.2, -0.15) is 0 Å². The molecule has 0 spiro atoms. The van der Waals surface area contributed by atoms with E-state index < -0.39 is 0 Å². The van der Waals surface area contributed by atoms with Gasteiger partial charge in [0.1, 0.15) is 6.33 Å². The highest BCUT2D eigenvalue weighted by Crippen LogP contribution is 2.42. The molecule has 3 rings (SSSR count). The molecule has 2 unspecified atom stereocenters. The second kappa shape index (κ2) is 3.40. The normalized spacial score (nSPS) is 26.8. The fourth-order valence-electron chi connectivity index (χ4n) is 2.17. The van der Waals surface area contributed by atoms with Crippen LogP contribution in [-0.2, 0) is 0 Å². The highest BCUT2D eigenvalue weighted by Gasteiger charge is 2.47. The van der Waals surface area contributed by atoms with Crippen molar-refractivity contribution in [2.45, 2.75) is 32.4 Å². The van der Waals surface area contributed by atoms with Crippen LogP contribution in [0.2, 0.25) is 0 Å². The van der Waals surface area contributed by atoms with Gasteiger partial charge in [0.2, 0.25) is 5.65 Å². The van der Waals surface area contributed by atoms with Crippen molar-refractivity contribution in [3.05, 3.63) is 18.7 Å². The molecule has 0 aliphatic heterocycles. The van der Waals surface area contributed by atoms with E-state index in [1.165, 1.54) is 0 Å². The molecule has 17 heavy (non-hydrogen) atoms. The summed E-state index contributed by atoms with van der Waals surface area (Å²) < 4.78 is 1.82. The Morgan fingerprint density at radius 1 is 1.53 bits per heavy atom. The lowest BCUT2D eigenvalue weighted by molar-refractivity contribution is -0.0511. The van der Waals surface area contributed by atoms with Gasteiger partial charge in [-0.05, 0) is 6.42 Å². The summed E-state index contributed by atoms with van der Waals surface area (Å²) in [5.41, 5.74) is 0.582. The van der Waals surface area contributed by atoms with Crippen molar-refractivity contribution in [1.82, 2.24) is 19.6 Å². The first-order valence-electron chi connectivity index (χ1n) is 5.68. The number of rotatable bonds is 2. The van der Waals surface area contributed by atoms with Crippen LogP contribution >= 0.6 is 0 Å². The van der Waals surface area contributed by atoms with Gasteiger partial charge in [-0.1, -0.05) is 13.8 Å². The minimum absolute atomic E-state index is 0.130. The molecule has 0 saturated heterocycles. The molecule has 1 aliphatic rings. The van der Waals surface area contributed by atoms with E-state index >= 15 is 0 Å². The average Bonchev–Trinajstić information content (AvgIpc) is 2.77. The molecule has 2 atom stereocenters. The minimum Gasteiger partial charge on any atom is -0.392 e. The van der Waals surface area contributed by atoms with Crippen LogP contribution in [0.1, 0.15) is 20.3 Å². The van der Waals surface area contributed by atoms with Crippen molar-refractivity contribution >= 4 is 11.5 Å². The number of hydrogen-bond donors (Lipinski definition) is 2. The van der Waals surface area contributed by atoms with Gasteiger partial charge in [0.15, 0.2) is 5.82 Å². The number of aliphatic hydroxyl groups is 1. The minimum atomic E-state index is -0.252. The van der Waals surface area contributed by atoms with Crippen LogP contribution in [0.25, 0.3) is 5.65 Å². The molecule has 0 amide bonds. The molecule has 1 aliphatic carbocycles. The topological polar surface area (TPSA) is 75.3 Å². The van der Waals surface area contributed by atoms with Crippen molar-refractivity contribution in [2.75, 3.05) is 5.32 Å². The number of aliphatic hydroxyl groups excluding tert-OH is 1. The average molecular weight is 233 g/mol. The Kier molecular flexibility index (Phi) is 2.09. The zero-order valence-corrected chi connectivity index (χ0v) is 9.83. The molecule has 6 heteroatoms. The number of nitrogens with one attached hydrogen (secondary N) is 1. The first kappa shape index (κ1) is 10.5. The summed E-state index contributed by atoms with van der Waals surface area (Å²) in [4.78, 5) is 4.28. The predicted molar refractivity (Wildman–Crippen MR) is 62.6 cm³/mol. The number of aromatic nitrogens is 4. The fraction of sp³-hybridized carbons (Fsp3) is 0.545. The van der Waals surface area contributed by atoms with Gasteiger partial charge in [0.05, 0.1) is 6.10 Å². The molecule has 1 fully saturated rings. The maximum Gasteiger partial charge on any atom is 0.203 e. The van der Waals surface area contributed by atoms with Gasteiger partial charge < -0.3 is 10.4 Å². The van der Waals surface area contributed by atoms with Crippen LogP contribution in [0, 0.1) is 5.41 Å². The maximum absolute atomic E-state index is 9.70. The Hall–Kier alpha value is -1.69. The second-order valence-electron chi connectivity index (χ2n) is 5.11. The quantitative estimate of drug-likeness (QED) is 0.798. The summed E-state index contributed by atoms with van der Waals surface area (Å²) >= 11 is 0. The molecule has 1 saturated carbocycles. The monoisotopic (exact) mass is 233 g/mol. The Morgan fingerprint density at radius 3 is 3.06 bits per heavy atom. The van der Waals surface area contributed by atoms with Crippen molar-refractivity contribution in [3.8, 4) is 0 Å². The fourth-order valence-corrected chi connectivity index (χ4v) is 2.17. The number of nitrogens with zero attached hydrogens (tertiary/aromatic N) is 4. The SMILES string of the molecule is CC1(C)C(O)CC1Nc1nccn2cnnc12. The summed E-state index contributed by atoms with van der Waals surface area (Å²) in [7, 11) is 0. The summed E-state index contributed by atoms with van der Waals surface area (Å²) in [5.74, 6) is 0.718. The zero-order chi connectivity index (χ0) is 12.0. The van der Waals surface area contributed by atoms with Gasteiger partial charge >= 0.3 is 0 Å². The van der Waals surface area contributed by atoms with E-state index in [0.29, 0.717) is 5.65 Å². The lowest BCUT2D eigenvalue weighted by Crippen LogP contribution is -2.57. The summed E-state index contributed by atoms with van der Waals surface area (Å²) in [6, 6.07) is 0.216. The van der Waals surface area contributed by atoms with E-state index in [2.05, 4.69) is 20.5 Å². The first-order valence-corrected chi connectivity index (χ1v) is 5.68. The van der Waals surface area contributed by atoms with E-state index in [-0.39, 0.29) is 17.6 Å². The van der Waals surface area contributed by atoms with Crippen molar-refractivity contribution in [2.24, 2.45) is 5.41 Å². The molecular formula is C11H15N5O. The second-order valence-corrected chi connectivity index (χ2v) is 5.11. The van der Waals surface area contributed by atoms with E-state index in [4.69, 9.17) is 0 Å². The van der Waals surface area contributed by atoms with Crippen LogP contribution in [0.15, 0.2) is 18.7 Å². The van der Waals surface area contributed by atoms with Gasteiger partial charge in [-0.15, -0.1) is 10.2 Å². The van der Waals surface area contributed by atoms with E-state index in [1.807, 2.05) is 18.2 Å². The van der Waals surface area contributed by atoms with Crippen LogP contribution < -0.4 is 5.32 Å². The maximum atomic E-state index is 9.70. The largest absolute Gasteiger partial charge is 0.392 e. The van der Waals surface area contributed by atoms with E-state index in [9.17, 15) is 5.11 Å². The Labute approximate surface area is 98.7 Å². The van der Waals surface area contributed by atoms with Gasteiger partial charge in [0.25, 0.3) is 0 Å². The predicted octanol–water partition coefficient (Wildman–Crippen LogP) is 0.696. The number of fused-ring (bicyclic) bond motifs is 1. The highest BCUT2D eigenvalue weighted by atomic mass is 16.3.